The first kappa shape index (κ1) is 32.6. The molecule has 5 heteroatoms. The first-order valence-electron chi connectivity index (χ1n) is 18.3. The summed E-state index contributed by atoms with van der Waals surface area (Å²) in [5.74, 6) is 1.41. The van der Waals surface area contributed by atoms with Gasteiger partial charge in [0, 0.05) is 53.6 Å². The molecule has 258 valence electrons. The van der Waals surface area contributed by atoms with Crippen LogP contribution in [0.5, 0.6) is 0 Å². The number of hydrogen-bond acceptors (Lipinski definition) is 5. The third-order valence-electron chi connectivity index (χ3n) is 9.94. The van der Waals surface area contributed by atoms with Gasteiger partial charge >= 0.3 is 0 Å². The maximum absolute atomic E-state index is 5.09. The van der Waals surface area contributed by atoms with Crippen molar-refractivity contribution in [2.75, 3.05) is 0 Å². The summed E-state index contributed by atoms with van der Waals surface area (Å²) in [6, 6.07) is 67.3. The standard InChI is InChI=1S/C50H32N4S/c1-5-14-34(15-6-1)42-31-43(35-16-7-2-8-17-35)52-49(51-42)38-26-24-33(25-27-38)40-22-13-23-46-48(40)41-29-28-39(30-47(41)55-46)50-53-44(36-18-9-3-10-19-36)32-45(54-50)37-20-11-4-12-21-37/h1-32H. The average molecular weight is 721 g/mol. The zero-order valence-electron chi connectivity index (χ0n) is 29.7. The van der Waals surface area contributed by atoms with Gasteiger partial charge in [0.25, 0.3) is 0 Å². The highest BCUT2D eigenvalue weighted by Crippen LogP contribution is 2.42. The number of rotatable bonds is 7. The Balaban J connectivity index is 1.04. The monoisotopic (exact) mass is 720 g/mol. The van der Waals surface area contributed by atoms with Gasteiger partial charge in [0.05, 0.1) is 22.8 Å². The number of hydrogen-bond donors (Lipinski definition) is 0. The average Bonchev–Trinajstić information content (AvgIpc) is 3.66. The summed E-state index contributed by atoms with van der Waals surface area (Å²) in [4.78, 5) is 20.3. The molecular weight excluding hydrogens is 689 g/mol. The number of aromatic nitrogens is 4. The molecule has 0 N–H and O–H groups in total. The van der Waals surface area contributed by atoms with Gasteiger partial charge in [-0.25, -0.2) is 19.9 Å². The van der Waals surface area contributed by atoms with Crippen LogP contribution in [0.15, 0.2) is 194 Å². The van der Waals surface area contributed by atoms with Crippen molar-refractivity contribution in [1.82, 2.24) is 19.9 Å². The van der Waals surface area contributed by atoms with Gasteiger partial charge in [0.15, 0.2) is 11.6 Å². The van der Waals surface area contributed by atoms with E-state index in [1.54, 1.807) is 11.3 Å². The second-order valence-electron chi connectivity index (χ2n) is 13.5. The molecule has 0 saturated carbocycles. The first-order chi connectivity index (χ1) is 27.2. The Hall–Kier alpha value is -7.08. The van der Waals surface area contributed by atoms with E-state index in [1.807, 2.05) is 72.8 Å². The summed E-state index contributed by atoms with van der Waals surface area (Å²) in [5, 5.41) is 2.47. The van der Waals surface area contributed by atoms with Crippen molar-refractivity contribution < 1.29 is 0 Å². The largest absolute Gasteiger partial charge is 0.228 e. The molecule has 10 rings (SSSR count). The highest BCUT2D eigenvalue weighted by atomic mass is 32.1. The van der Waals surface area contributed by atoms with Crippen LogP contribution in [0, 0.1) is 0 Å². The van der Waals surface area contributed by atoms with E-state index in [1.165, 1.54) is 25.7 Å². The molecular formula is C50H32N4S. The predicted molar refractivity (Wildman–Crippen MR) is 229 cm³/mol. The summed E-state index contributed by atoms with van der Waals surface area (Å²) in [7, 11) is 0. The van der Waals surface area contributed by atoms with E-state index in [-0.39, 0.29) is 0 Å². The molecule has 3 heterocycles. The Morgan fingerprint density at radius 2 is 0.709 bits per heavy atom. The zero-order chi connectivity index (χ0) is 36.6. The number of thiophene rings is 1. The molecule has 0 spiro atoms. The van der Waals surface area contributed by atoms with Crippen molar-refractivity contribution in [3.63, 3.8) is 0 Å². The Bertz CT molecular complexity index is 2830. The van der Waals surface area contributed by atoms with Crippen LogP contribution in [-0.4, -0.2) is 19.9 Å². The fraction of sp³-hybridized carbons (Fsp3) is 0. The Morgan fingerprint density at radius 3 is 1.18 bits per heavy atom. The maximum Gasteiger partial charge on any atom is 0.160 e. The molecule has 0 aliphatic carbocycles. The van der Waals surface area contributed by atoms with Gasteiger partial charge in [-0.05, 0) is 35.4 Å². The van der Waals surface area contributed by atoms with Crippen LogP contribution in [0.25, 0.3) is 99.1 Å². The molecule has 3 aromatic heterocycles. The summed E-state index contributed by atoms with van der Waals surface area (Å²) in [6.45, 7) is 0. The molecule has 0 amide bonds. The van der Waals surface area contributed by atoms with Crippen LogP contribution < -0.4 is 0 Å². The smallest absolute Gasteiger partial charge is 0.160 e. The van der Waals surface area contributed by atoms with Gasteiger partial charge in [0.1, 0.15) is 0 Å². The Labute approximate surface area is 323 Å². The molecule has 0 aliphatic rings. The van der Waals surface area contributed by atoms with E-state index < -0.39 is 0 Å². The van der Waals surface area contributed by atoms with Crippen molar-refractivity contribution in [2.45, 2.75) is 0 Å². The van der Waals surface area contributed by atoms with Gasteiger partial charge in [0.2, 0.25) is 0 Å². The topological polar surface area (TPSA) is 51.6 Å². The van der Waals surface area contributed by atoms with Crippen LogP contribution >= 0.6 is 11.3 Å². The third kappa shape index (κ3) is 6.37. The molecule has 7 aromatic carbocycles. The van der Waals surface area contributed by atoms with Crippen molar-refractivity contribution in [2.24, 2.45) is 0 Å². The molecule has 10 aromatic rings. The van der Waals surface area contributed by atoms with Crippen LogP contribution in [-0.2, 0) is 0 Å². The second-order valence-corrected chi connectivity index (χ2v) is 14.5. The lowest BCUT2D eigenvalue weighted by Gasteiger charge is -2.11. The van der Waals surface area contributed by atoms with Gasteiger partial charge in [-0.1, -0.05) is 170 Å². The lowest BCUT2D eigenvalue weighted by Crippen LogP contribution is -1.96. The van der Waals surface area contributed by atoms with Gasteiger partial charge in [-0.2, -0.15) is 0 Å². The quantitative estimate of drug-likeness (QED) is 0.164. The lowest BCUT2D eigenvalue weighted by molar-refractivity contribution is 1.18. The molecule has 0 atom stereocenters. The van der Waals surface area contributed by atoms with E-state index in [4.69, 9.17) is 19.9 Å². The molecule has 55 heavy (non-hydrogen) atoms. The fourth-order valence-electron chi connectivity index (χ4n) is 7.18. The molecule has 0 saturated heterocycles. The van der Waals surface area contributed by atoms with Crippen LogP contribution in [0.4, 0.5) is 0 Å². The highest BCUT2D eigenvalue weighted by Gasteiger charge is 2.16. The minimum absolute atomic E-state index is 0.701. The third-order valence-corrected chi connectivity index (χ3v) is 11.1. The Kier molecular flexibility index (Phi) is 8.32. The second kappa shape index (κ2) is 14.0. The van der Waals surface area contributed by atoms with Crippen molar-refractivity contribution >= 4 is 31.5 Å². The first-order valence-corrected chi connectivity index (χ1v) is 19.1. The number of fused-ring (bicyclic) bond motifs is 3. The molecule has 0 radical (unpaired) electrons. The summed E-state index contributed by atoms with van der Waals surface area (Å²) >= 11 is 1.80. The lowest BCUT2D eigenvalue weighted by atomic mass is 9.98. The predicted octanol–water partition coefficient (Wildman–Crippen LogP) is 13.3. The molecule has 0 unspecified atom stereocenters. The van der Waals surface area contributed by atoms with Crippen molar-refractivity contribution in [1.29, 1.82) is 0 Å². The van der Waals surface area contributed by atoms with Crippen molar-refractivity contribution in [3.05, 3.63) is 194 Å². The zero-order valence-corrected chi connectivity index (χ0v) is 30.5. The SMILES string of the molecule is c1ccc(-c2cc(-c3ccccc3)nc(-c3ccc(-c4cccc5sc6cc(-c7nc(-c8ccccc8)cc(-c8ccccc8)n7)ccc6c45)cc3)n2)cc1. The van der Waals surface area contributed by atoms with E-state index in [0.29, 0.717) is 11.6 Å². The van der Waals surface area contributed by atoms with Gasteiger partial charge in [-0.3, -0.25) is 0 Å². The minimum Gasteiger partial charge on any atom is -0.228 e. The van der Waals surface area contributed by atoms with Crippen molar-refractivity contribution in [3.8, 4) is 78.9 Å². The molecule has 4 nitrogen and oxygen atoms in total. The van der Waals surface area contributed by atoms with E-state index in [0.717, 1.165) is 61.7 Å². The number of nitrogens with zero attached hydrogens (tertiary/aromatic N) is 4. The van der Waals surface area contributed by atoms with Crippen LogP contribution in [0.2, 0.25) is 0 Å². The fourth-order valence-corrected chi connectivity index (χ4v) is 8.36. The normalized spacial score (nSPS) is 11.3. The summed E-state index contributed by atoms with van der Waals surface area (Å²) in [6.07, 6.45) is 0. The molecule has 0 bridgehead atoms. The molecule has 0 aliphatic heterocycles. The van der Waals surface area contributed by atoms with E-state index in [9.17, 15) is 0 Å². The van der Waals surface area contributed by atoms with Gasteiger partial charge in [-0.15, -0.1) is 11.3 Å². The highest BCUT2D eigenvalue weighted by molar-refractivity contribution is 7.26. The minimum atomic E-state index is 0.701. The Morgan fingerprint density at radius 1 is 0.291 bits per heavy atom. The maximum atomic E-state index is 5.09. The van der Waals surface area contributed by atoms with Crippen LogP contribution in [0.1, 0.15) is 0 Å². The number of benzene rings is 7. The summed E-state index contributed by atoms with van der Waals surface area (Å²) < 4.78 is 2.44. The van der Waals surface area contributed by atoms with E-state index >= 15 is 0 Å². The van der Waals surface area contributed by atoms with E-state index in [2.05, 4.69) is 121 Å². The van der Waals surface area contributed by atoms with Gasteiger partial charge < -0.3 is 0 Å². The molecule has 0 fully saturated rings. The summed E-state index contributed by atoms with van der Waals surface area (Å²) in [5.41, 5.74) is 12.2. The van der Waals surface area contributed by atoms with Crippen LogP contribution in [0.3, 0.4) is 0 Å².